The topological polar surface area (TPSA) is 45.8 Å². The van der Waals surface area contributed by atoms with Gasteiger partial charge in [-0.05, 0) is 18.6 Å². The number of aryl methyl sites for hydroxylation is 1. The predicted octanol–water partition coefficient (Wildman–Crippen LogP) is 2.26. The summed E-state index contributed by atoms with van der Waals surface area (Å²) in [6.45, 7) is 2.08. The monoisotopic (exact) mass is 206 g/mol. The standard InChI is InChI=1S/C10H10N2OS/c1-2-8-3-4-9(14-8)10(13)7-5-11-12-6-7/h3-6H,2H2,1H3,(H,11,12). The zero-order valence-corrected chi connectivity index (χ0v) is 8.60. The Balaban J connectivity index is 2.28. The molecule has 2 aromatic heterocycles. The van der Waals surface area contributed by atoms with Crippen LogP contribution in [0.25, 0.3) is 0 Å². The molecule has 0 amide bonds. The maximum absolute atomic E-state index is 11.8. The van der Waals surface area contributed by atoms with Gasteiger partial charge in [-0.1, -0.05) is 6.92 Å². The van der Waals surface area contributed by atoms with Crippen molar-refractivity contribution < 1.29 is 4.79 Å². The summed E-state index contributed by atoms with van der Waals surface area (Å²) >= 11 is 1.55. The second-order valence-corrected chi connectivity index (χ2v) is 4.10. The lowest BCUT2D eigenvalue weighted by Gasteiger charge is -1.90. The van der Waals surface area contributed by atoms with E-state index in [2.05, 4.69) is 17.1 Å². The molecule has 0 spiro atoms. The number of hydrogen-bond acceptors (Lipinski definition) is 3. The van der Waals surface area contributed by atoms with Crippen LogP contribution in [0.2, 0.25) is 0 Å². The molecule has 0 saturated heterocycles. The second-order valence-electron chi connectivity index (χ2n) is 2.94. The maximum Gasteiger partial charge on any atom is 0.206 e. The number of nitrogens with one attached hydrogen (secondary N) is 1. The van der Waals surface area contributed by atoms with Crippen LogP contribution in [0.1, 0.15) is 27.0 Å². The summed E-state index contributed by atoms with van der Waals surface area (Å²) in [5, 5.41) is 6.39. The minimum atomic E-state index is 0.0449. The molecule has 0 unspecified atom stereocenters. The van der Waals surface area contributed by atoms with Crippen molar-refractivity contribution in [2.75, 3.05) is 0 Å². The van der Waals surface area contributed by atoms with Gasteiger partial charge in [0.15, 0.2) is 0 Å². The number of thiophene rings is 1. The smallest absolute Gasteiger partial charge is 0.206 e. The van der Waals surface area contributed by atoms with E-state index in [0.717, 1.165) is 11.3 Å². The van der Waals surface area contributed by atoms with Crippen molar-refractivity contribution >= 4 is 17.1 Å². The van der Waals surface area contributed by atoms with E-state index in [1.54, 1.807) is 23.7 Å². The molecule has 0 aliphatic heterocycles. The molecule has 0 fully saturated rings. The third-order valence-electron chi connectivity index (χ3n) is 1.99. The molecule has 0 saturated carbocycles. The van der Waals surface area contributed by atoms with Crippen LogP contribution in [0.4, 0.5) is 0 Å². The number of aromatic amines is 1. The normalized spacial score (nSPS) is 10.4. The summed E-state index contributed by atoms with van der Waals surface area (Å²) in [6.07, 6.45) is 4.14. The van der Waals surface area contributed by atoms with Gasteiger partial charge in [0.2, 0.25) is 5.78 Å². The van der Waals surface area contributed by atoms with E-state index in [1.807, 2.05) is 12.1 Å². The van der Waals surface area contributed by atoms with Crippen LogP contribution >= 0.6 is 11.3 Å². The number of nitrogens with zero attached hydrogens (tertiary/aromatic N) is 1. The molecule has 4 heteroatoms. The molecule has 0 aliphatic rings. The summed E-state index contributed by atoms with van der Waals surface area (Å²) in [5.41, 5.74) is 0.620. The highest BCUT2D eigenvalue weighted by Gasteiger charge is 2.11. The van der Waals surface area contributed by atoms with Gasteiger partial charge in [-0.15, -0.1) is 11.3 Å². The Bertz CT molecular complexity index is 431. The summed E-state index contributed by atoms with van der Waals surface area (Å²) in [4.78, 5) is 13.8. The van der Waals surface area contributed by atoms with Crippen molar-refractivity contribution in [3.05, 3.63) is 39.8 Å². The molecule has 2 aromatic rings. The highest BCUT2D eigenvalue weighted by atomic mass is 32.1. The molecule has 0 aliphatic carbocycles. The Morgan fingerprint density at radius 2 is 2.43 bits per heavy atom. The fourth-order valence-electron chi connectivity index (χ4n) is 1.21. The number of carbonyl (C=O) groups is 1. The minimum absolute atomic E-state index is 0.0449. The van der Waals surface area contributed by atoms with Crippen molar-refractivity contribution in [1.29, 1.82) is 0 Å². The SMILES string of the molecule is CCc1ccc(C(=O)c2cn[nH]c2)s1. The van der Waals surface area contributed by atoms with E-state index in [9.17, 15) is 4.79 Å². The van der Waals surface area contributed by atoms with Gasteiger partial charge in [0.1, 0.15) is 0 Å². The Kier molecular flexibility index (Phi) is 2.45. The average molecular weight is 206 g/mol. The van der Waals surface area contributed by atoms with Crippen molar-refractivity contribution in [3.63, 3.8) is 0 Å². The highest BCUT2D eigenvalue weighted by Crippen LogP contribution is 2.19. The van der Waals surface area contributed by atoms with Crippen LogP contribution in [0.5, 0.6) is 0 Å². The van der Waals surface area contributed by atoms with Crippen LogP contribution in [0, 0.1) is 0 Å². The Morgan fingerprint density at radius 3 is 3.00 bits per heavy atom. The first-order chi connectivity index (χ1) is 6.81. The number of ketones is 1. The van der Waals surface area contributed by atoms with Crippen LogP contribution in [0.3, 0.4) is 0 Å². The zero-order valence-electron chi connectivity index (χ0n) is 7.78. The van der Waals surface area contributed by atoms with Gasteiger partial charge in [0, 0.05) is 11.1 Å². The molecule has 0 bridgehead atoms. The molecule has 2 rings (SSSR count). The van der Waals surface area contributed by atoms with E-state index in [1.165, 1.54) is 4.88 Å². The highest BCUT2D eigenvalue weighted by molar-refractivity contribution is 7.14. The molecule has 0 aromatic carbocycles. The maximum atomic E-state index is 11.8. The fraction of sp³-hybridized carbons (Fsp3) is 0.200. The van der Waals surface area contributed by atoms with E-state index >= 15 is 0 Å². The van der Waals surface area contributed by atoms with E-state index in [-0.39, 0.29) is 5.78 Å². The summed E-state index contributed by atoms with van der Waals surface area (Å²) in [5.74, 6) is 0.0449. The Labute approximate surface area is 85.8 Å². The third kappa shape index (κ3) is 1.61. The first-order valence-corrected chi connectivity index (χ1v) is 5.25. The van der Waals surface area contributed by atoms with Gasteiger partial charge < -0.3 is 0 Å². The van der Waals surface area contributed by atoms with Gasteiger partial charge in [0.05, 0.1) is 16.6 Å². The molecule has 3 nitrogen and oxygen atoms in total. The van der Waals surface area contributed by atoms with Crippen molar-refractivity contribution in [2.24, 2.45) is 0 Å². The lowest BCUT2D eigenvalue weighted by atomic mass is 10.2. The van der Waals surface area contributed by atoms with Gasteiger partial charge in [0.25, 0.3) is 0 Å². The number of carbonyl (C=O) groups excluding carboxylic acids is 1. The molecule has 2 heterocycles. The van der Waals surface area contributed by atoms with Crippen molar-refractivity contribution in [2.45, 2.75) is 13.3 Å². The van der Waals surface area contributed by atoms with Gasteiger partial charge in [-0.25, -0.2) is 0 Å². The first-order valence-electron chi connectivity index (χ1n) is 4.43. The second kappa shape index (κ2) is 3.75. The van der Waals surface area contributed by atoms with Crippen LogP contribution < -0.4 is 0 Å². The first kappa shape index (κ1) is 9.15. The number of hydrogen-bond donors (Lipinski definition) is 1. The quantitative estimate of drug-likeness (QED) is 0.783. The number of aromatic nitrogens is 2. The van der Waals surface area contributed by atoms with E-state index in [0.29, 0.717) is 5.56 Å². The van der Waals surface area contributed by atoms with E-state index < -0.39 is 0 Å². The molecule has 14 heavy (non-hydrogen) atoms. The number of rotatable bonds is 3. The minimum Gasteiger partial charge on any atom is -0.288 e. The molecular formula is C10H10N2OS. The Hall–Kier alpha value is -1.42. The van der Waals surface area contributed by atoms with Gasteiger partial charge in [-0.2, -0.15) is 5.10 Å². The average Bonchev–Trinajstić information content (AvgIpc) is 2.88. The fourth-order valence-corrected chi connectivity index (χ4v) is 2.12. The summed E-state index contributed by atoms with van der Waals surface area (Å²) < 4.78 is 0. The largest absolute Gasteiger partial charge is 0.288 e. The summed E-state index contributed by atoms with van der Waals surface area (Å²) in [7, 11) is 0. The summed E-state index contributed by atoms with van der Waals surface area (Å²) in [6, 6.07) is 3.87. The van der Waals surface area contributed by atoms with Gasteiger partial charge in [-0.3, -0.25) is 9.89 Å². The molecule has 0 atom stereocenters. The molecular weight excluding hydrogens is 196 g/mol. The lowest BCUT2D eigenvalue weighted by molar-refractivity contribution is 0.104. The third-order valence-corrected chi connectivity index (χ3v) is 3.22. The van der Waals surface area contributed by atoms with Gasteiger partial charge >= 0.3 is 0 Å². The molecule has 0 radical (unpaired) electrons. The van der Waals surface area contributed by atoms with E-state index in [4.69, 9.17) is 0 Å². The predicted molar refractivity (Wildman–Crippen MR) is 55.7 cm³/mol. The zero-order chi connectivity index (χ0) is 9.97. The van der Waals surface area contributed by atoms with Crippen LogP contribution in [-0.2, 0) is 6.42 Å². The van der Waals surface area contributed by atoms with Crippen LogP contribution in [0.15, 0.2) is 24.5 Å². The Morgan fingerprint density at radius 1 is 1.57 bits per heavy atom. The number of H-pyrrole nitrogens is 1. The lowest BCUT2D eigenvalue weighted by Crippen LogP contribution is -1.95. The molecule has 72 valence electrons. The van der Waals surface area contributed by atoms with Crippen molar-refractivity contribution in [3.8, 4) is 0 Å². The van der Waals surface area contributed by atoms with Crippen LogP contribution in [-0.4, -0.2) is 16.0 Å². The molecule has 1 N–H and O–H groups in total. The van der Waals surface area contributed by atoms with Crippen molar-refractivity contribution in [1.82, 2.24) is 10.2 Å².